The minimum absolute atomic E-state index is 0.0171. The van der Waals surface area contributed by atoms with Gasteiger partial charge >= 0.3 is 0 Å². The SMILES string of the molecule is Cc1noc(C2CCN(CCC(=O)Nc3c(C)nn(-c4ccccc4)c3C)CC2)n1. The summed E-state index contributed by atoms with van der Waals surface area (Å²) in [5, 5.41) is 11.5. The zero-order valence-corrected chi connectivity index (χ0v) is 17.8. The van der Waals surface area contributed by atoms with Crippen LogP contribution >= 0.6 is 0 Å². The molecule has 4 rings (SSSR count). The van der Waals surface area contributed by atoms with Crippen LogP contribution in [0.25, 0.3) is 5.69 Å². The standard InChI is InChI=1S/C22H28N6O2/c1-15-21(16(2)28(25-15)19-7-5-4-6-8-19)24-20(29)11-14-27-12-9-18(10-13-27)22-23-17(3)26-30-22/h4-8,18H,9-14H2,1-3H3,(H,24,29). The maximum Gasteiger partial charge on any atom is 0.229 e. The summed E-state index contributed by atoms with van der Waals surface area (Å²) < 4.78 is 7.18. The molecule has 8 nitrogen and oxygen atoms in total. The van der Waals surface area contributed by atoms with Gasteiger partial charge in [-0.25, -0.2) is 4.68 Å². The Morgan fingerprint density at radius 1 is 1.17 bits per heavy atom. The zero-order chi connectivity index (χ0) is 21.1. The molecule has 0 aliphatic carbocycles. The van der Waals surface area contributed by atoms with E-state index in [1.807, 2.05) is 55.8 Å². The normalized spacial score (nSPS) is 15.4. The van der Waals surface area contributed by atoms with Crippen molar-refractivity contribution in [3.63, 3.8) is 0 Å². The second kappa shape index (κ2) is 8.79. The van der Waals surface area contributed by atoms with E-state index in [9.17, 15) is 4.79 Å². The molecule has 0 bridgehead atoms. The monoisotopic (exact) mass is 408 g/mol. The molecule has 1 saturated heterocycles. The molecule has 1 N–H and O–H groups in total. The lowest BCUT2D eigenvalue weighted by Gasteiger charge is -2.30. The fourth-order valence-corrected chi connectivity index (χ4v) is 3.99. The van der Waals surface area contributed by atoms with Crippen molar-refractivity contribution in [1.29, 1.82) is 0 Å². The van der Waals surface area contributed by atoms with Crippen molar-refractivity contribution < 1.29 is 9.32 Å². The van der Waals surface area contributed by atoms with Gasteiger partial charge in [-0.2, -0.15) is 10.1 Å². The fourth-order valence-electron chi connectivity index (χ4n) is 3.99. The lowest BCUT2D eigenvalue weighted by atomic mass is 9.96. The molecule has 30 heavy (non-hydrogen) atoms. The van der Waals surface area contributed by atoms with Crippen LogP contribution in [-0.2, 0) is 4.79 Å². The van der Waals surface area contributed by atoms with Gasteiger partial charge in [-0.15, -0.1) is 0 Å². The number of anilines is 1. The molecule has 0 saturated carbocycles. The van der Waals surface area contributed by atoms with E-state index in [1.165, 1.54) is 0 Å². The average Bonchev–Trinajstić information content (AvgIpc) is 3.32. The number of aryl methyl sites for hydroxylation is 2. The average molecular weight is 409 g/mol. The number of hydrogen-bond donors (Lipinski definition) is 1. The van der Waals surface area contributed by atoms with Crippen molar-refractivity contribution in [3.8, 4) is 5.69 Å². The molecule has 1 amide bonds. The Kier molecular flexibility index (Phi) is 5.94. The quantitative estimate of drug-likeness (QED) is 0.673. The molecule has 1 fully saturated rings. The van der Waals surface area contributed by atoms with Gasteiger partial charge in [-0.1, -0.05) is 23.4 Å². The Balaban J connectivity index is 1.29. The summed E-state index contributed by atoms with van der Waals surface area (Å²) in [6.07, 6.45) is 2.41. The number of rotatable bonds is 6. The Morgan fingerprint density at radius 2 is 1.90 bits per heavy atom. The molecule has 158 valence electrons. The van der Waals surface area contributed by atoms with E-state index in [0.717, 1.165) is 61.1 Å². The van der Waals surface area contributed by atoms with E-state index in [0.29, 0.717) is 18.2 Å². The summed E-state index contributed by atoms with van der Waals surface area (Å²) in [6, 6.07) is 9.94. The smallest absolute Gasteiger partial charge is 0.229 e. The first kappa shape index (κ1) is 20.3. The fraction of sp³-hybridized carbons (Fsp3) is 0.455. The van der Waals surface area contributed by atoms with Crippen molar-refractivity contribution in [2.75, 3.05) is 25.0 Å². The van der Waals surface area contributed by atoms with Gasteiger partial charge in [0.1, 0.15) is 0 Å². The lowest BCUT2D eigenvalue weighted by Crippen LogP contribution is -2.35. The number of nitrogens with one attached hydrogen (secondary N) is 1. The van der Waals surface area contributed by atoms with Crippen molar-refractivity contribution in [1.82, 2.24) is 24.8 Å². The van der Waals surface area contributed by atoms with Gasteiger partial charge in [-0.05, 0) is 58.8 Å². The second-order valence-corrected chi connectivity index (χ2v) is 7.89. The molecule has 1 aromatic carbocycles. The van der Waals surface area contributed by atoms with Gasteiger partial charge in [0.2, 0.25) is 11.8 Å². The topological polar surface area (TPSA) is 89.1 Å². The highest BCUT2D eigenvalue weighted by Gasteiger charge is 2.25. The van der Waals surface area contributed by atoms with Crippen LogP contribution in [0, 0.1) is 20.8 Å². The number of nitrogens with zero attached hydrogens (tertiary/aromatic N) is 5. The number of hydrogen-bond acceptors (Lipinski definition) is 6. The Hall–Kier alpha value is -3.00. The largest absolute Gasteiger partial charge is 0.339 e. The first-order valence-electron chi connectivity index (χ1n) is 10.5. The Bertz CT molecular complexity index is 1000. The van der Waals surface area contributed by atoms with Gasteiger partial charge in [-0.3, -0.25) is 4.79 Å². The first-order valence-corrected chi connectivity index (χ1v) is 10.5. The molecular weight excluding hydrogens is 380 g/mol. The number of aromatic nitrogens is 4. The van der Waals surface area contributed by atoms with Crippen LogP contribution in [0.2, 0.25) is 0 Å². The third-order valence-corrected chi connectivity index (χ3v) is 5.69. The highest BCUT2D eigenvalue weighted by Crippen LogP contribution is 2.27. The molecule has 3 aromatic rings. The number of piperidine rings is 1. The minimum Gasteiger partial charge on any atom is -0.339 e. The van der Waals surface area contributed by atoms with Crippen LogP contribution in [-0.4, -0.2) is 50.4 Å². The van der Waals surface area contributed by atoms with Gasteiger partial charge in [0, 0.05) is 18.9 Å². The van der Waals surface area contributed by atoms with Gasteiger partial charge in [0.25, 0.3) is 0 Å². The van der Waals surface area contributed by atoms with Gasteiger partial charge in [0.05, 0.1) is 22.8 Å². The highest BCUT2D eigenvalue weighted by molar-refractivity contribution is 5.92. The van der Waals surface area contributed by atoms with E-state index >= 15 is 0 Å². The molecule has 3 heterocycles. The van der Waals surface area contributed by atoms with Crippen LogP contribution < -0.4 is 5.32 Å². The second-order valence-electron chi connectivity index (χ2n) is 7.89. The molecule has 8 heteroatoms. The van der Waals surface area contributed by atoms with Gasteiger partial charge in [0.15, 0.2) is 5.82 Å². The summed E-state index contributed by atoms with van der Waals surface area (Å²) in [4.78, 5) is 19.3. The lowest BCUT2D eigenvalue weighted by molar-refractivity contribution is -0.116. The first-order chi connectivity index (χ1) is 14.5. The predicted octanol–water partition coefficient (Wildman–Crippen LogP) is 3.39. The third-order valence-electron chi connectivity index (χ3n) is 5.69. The van der Waals surface area contributed by atoms with E-state index in [2.05, 4.69) is 25.5 Å². The number of para-hydroxylation sites is 1. The summed E-state index contributed by atoms with van der Waals surface area (Å²) in [7, 11) is 0. The number of amides is 1. The summed E-state index contributed by atoms with van der Waals surface area (Å²) in [5.74, 6) is 1.77. The molecule has 0 spiro atoms. The molecular formula is C22H28N6O2. The Labute approximate surface area is 176 Å². The molecule has 1 aliphatic heterocycles. The van der Waals surface area contributed by atoms with Crippen molar-refractivity contribution in [3.05, 3.63) is 53.4 Å². The Morgan fingerprint density at radius 3 is 2.57 bits per heavy atom. The molecule has 1 aliphatic rings. The van der Waals surface area contributed by atoms with E-state index in [4.69, 9.17) is 4.52 Å². The molecule has 0 unspecified atom stereocenters. The number of benzene rings is 1. The van der Waals surface area contributed by atoms with E-state index in [-0.39, 0.29) is 5.91 Å². The minimum atomic E-state index is 0.0171. The predicted molar refractivity (Wildman–Crippen MR) is 114 cm³/mol. The maximum atomic E-state index is 12.6. The number of likely N-dealkylation sites (tertiary alicyclic amines) is 1. The highest BCUT2D eigenvalue weighted by atomic mass is 16.5. The summed E-state index contributed by atoms with van der Waals surface area (Å²) in [6.45, 7) is 8.35. The zero-order valence-electron chi connectivity index (χ0n) is 17.8. The third kappa shape index (κ3) is 4.43. The molecule has 2 aromatic heterocycles. The van der Waals surface area contributed by atoms with Crippen LogP contribution in [0.5, 0.6) is 0 Å². The molecule has 0 radical (unpaired) electrons. The number of carbonyl (C=O) groups is 1. The van der Waals surface area contributed by atoms with Crippen LogP contribution in [0.1, 0.15) is 48.3 Å². The van der Waals surface area contributed by atoms with Gasteiger partial charge < -0.3 is 14.7 Å². The maximum absolute atomic E-state index is 12.6. The van der Waals surface area contributed by atoms with Crippen LogP contribution in [0.15, 0.2) is 34.9 Å². The number of carbonyl (C=O) groups excluding carboxylic acids is 1. The molecule has 0 atom stereocenters. The van der Waals surface area contributed by atoms with Crippen LogP contribution in [0.3, 0.4) is 0 Å². The van der Waals surface area contributed by atoms with Crippen molar-refractivity contribution in [2.24, 2.45) is 0 Å². The summed E-state index contributed by atoms with van der Waals surface area (Å²) >= 11 is 0. The van der Waals surface area contributed by atoms with Crippen LogP contribution in [0.4, 0.5) is 5.69 Å². The van der Waals surface area contributed by atoms with E-state index in [1.54, 1.807) is 0 Å². The van der Waals surface area contributed by atoms with Crippen molar-refractivity contribution in [2.45, 2.75) is 46.0 Å². The van der Waals surface area contributed by atoms with Crippen molar-refractivity contribution >= 4 is 11.6 Å². The van der Waals surface area contributed by atoms with E-state index < -0.39 is 0 Å². The summed E-state index contributed by atoms with van der Waals surface area (Å²) in [5.41, 5.74) is 3.54.